The van der Waals surface area contributed by atoms with Gasteiger partial charge in [0.1, 0.15) is 36.0 Å². The lowest BCUT2D eigenvalue weighted by Gasteiger charge is -2.49. The molecule has 2 amide bonds. The zero-order chi connectivity index (χ0) is 26.5. The van der Waals surface area contributed by atoms with Gasteiger partial charge in [0.25, 0.3) is 11.8 Å². The number of nitrogens with zero attached hydrogens (tertiary/aromatic N) is 7. The minimum atomic E-state index is -1.25. The van der Waals surface area contributed by atoms with Gasteiger partial charge < -0.3 is 21.0 Å². The van der Waals surface area contributed by atoms with Crippen LogP contribution in [0.25, 0.3) is 0 Å². The molecular weight excluding hydrogens is 542 g/mol. The number of hydrogen-bond donors (Lipinski definition) is 3. The van der Waals surface area contributed by atoms with Crippen LogP contribution in [0.5, 0.6) is 0 Å². The molecule has 14 nitrogen and oxygen atoms in total. The first-order valence-electron chi connectivity index (χ1n) is 10.4. The van der Waals surface area contributed by atoms with E-state index in [0.717, 1.165) is 11.3 Å². The summed E-state index contributed by atoms with van der Waals surface area (Å²) in [6.07, 6.45) is 6.76. The van der Waals surface area contributed by atoms with Gasteiger partial charge >= 0.3 is 5.97 Å². The van der Waals surface area contributed by atoms with Crippen molar-refractivity contribution in [2.24, 2.45) is 5.16 Å². The number of carbonyl (C=O) groups is 3. The number of nitrogens with two attached hydrogens (primary N) is 1. The van der Waals surface area contributed by atoms with Crippen molar-refractivity contribution in [2.45, 2.75) is 23.1 Å². The van der Waals surface area contributed by atoms with E-state index >= 15 is 0 Å². The van der Waals surface area contributed by atoms with Crippen LogP contribution in [0.2, 0.25) is 0 Å². The zero-order valence-electron chi connectivity index (χ0n) is 18.9. The first-order valence-corrected chi connectivity index (χ1v) is 13.3. The Hall–Kier alpha value is -3.88. The van der Waals surface area contributed by atoms with Crippen LogP contribution in [0, 0.1) is 12.3 Å². The number of terminal acetylenes is 1. The van der Waals surface area contributed by atoms with E-state index in [2.05, 4.69) is 43.5 Å². The maximum absolute atomic E-state index is 13.0. The molecule has 4 rings (SSSR count). The molecule has 17 heteroatoms. The number of carbonyl (C=O) groups excluding carboxylic acids is 2. The summed E-state index contributed by atoms with van der Waals surface area (Å²) in [5.41, 5.74) is 6.08. The Bertz CT molecular complexity index is 1340. The summed E-state index contributed by atoms with van der Waals surface area (Å²) in [4.78, 5) is 48.4. The Balaban J connectivity index is 1.49. The molecular formula is C20H19N9O5S3. The molecule has 0 radical (unpaired) electrons. The number of thioether (sulfide) groups is 2. The third-order valence-corrected chi connectivity index (χ3v) is 8.04. The van der Waals surface area contributed by atoms with Gasteiger partial charge in [0.05, 0.1) is 0 Å². The van der Waals surface area contributed by atoms with E-state index < -0.39 is 29.2 Å². The minimum absolute atomic E-state index is 0.0493. The quantitative estimate of drug-likeness (QED) is 0.0623. The average Bonchev–Trinajstić information content (AvgIpc) is 3.51. The summed E-state index contributed by atoms with van der Waals surface area (Å²) >= 11 is 3.65. The van der Waals surface area contributed by atoms with Crippen LogP contribution in [0.15, 0.2) is 39.6 Å². The van der Waals surface area contributed by atoms with Gasteiger partial charge in [-0.05, 0) is 16.0 Å². The second-order valence-corrected chi connectivity index (χ2v) is 10.3. The highest BCUT2D eigenvalue weighted by molar-refractivity contribution is 8.01. The van der Waals surface area contributed by atoms with Crippen molar-refractivity contribution >= 4 is 63.5 Å². The fourth-order valence-corrected chi connectivity index (χ4v) is 6.31. The van der Waals surface area contributed by atoms with E-state index in [9.17, 15) is 19.5 Å². The van der Waals surface area contributed by atoms with E-state index in [1.54, 1.807) is 0 Å². The molecule has 0 saturated carbocycles. The number of tetrazole rings is 1. The Labute approximate surface area is 222 Å². The number of oxime groups is 1. The monoisotopic (exact) mass is 561 g/mol. The number of anilines is 1. The predicted molar refractivity (Wildman–Crippen MR) is 136 cm³/mol. The number of fused-ring (bicyclic) bond motifs is 1. The maximum Gasteiger partial charge on any atom is 0.352 e. The second kappa shape index (κ2) is 11.5. The Morgan fingerprint density at radius 1 is 1.51 bits per heavy atom. The highest BCUT2D eigenvalue weighted by atomic mass is 32.2. The SMILES string of the molecule is C#CCn1nnnc1SCC1=C(C(=O)O)N2C(=O)C(NC(=O)C(=NOCC=C)c3csc(N)n3)[C@@H]2SC1. The number of nitrogens with one attached hydrogen (secondary N) is 1. The molecule has 2 aliphatic heterocycles. The molecule has 2 aliphatic rings. The summed E-state index contributed by atoms with van der Waals surface area (Å²) in [5.74, 6) is 0.461. The van der Waals surface area contributed by atoms with E-state index in [0.29, 0.717) is 16.5 Å². The molecule has 37 heavy (non-hydrogen) atoms. The van der Waals surface area contributed by atoms with Crippen molar-refractivity contribution in [3.63, 3.8) is 0 Å². The number of aliphatic carboxylic acids is 1. The van der Waals surface area contributed by atoms with Crippen molar-refractivity contribution in [1.29, 1.82) is 0 Å². The van der Waals surface area contributed by atoms with Crippen LogP contribution in [0.4, 0.5) is 5.13 Å². The number of nitrogen functional groups attached to an aromatic ring is 1. The Morgan fingerprint density at radius 3 is 3.00 bits per heavy atom. The standard InChI is InChI=1S/C20H19N9O5S3/c1-3-5-28-20(24-26-27-28)37-8-10-7-35-17-13(16(31)29(17)14(10)18(32)33)23-15(30)12(25-34-6-4-2)11-9-36-19(21)22-11/h1,4,9,13,17H,2,5-8H2,(H2,21,22)(H,23,30)(H,32,33)/t13?,17-/m0/s1. The fourth-order valence-electron chi connectivity index (χ4n) is 3.40. The van der Waals surface area contributed by atoms with Crippen LogP contribution in [0.1, 0.15) is 5.69 Å². The molecule has 0 spiro atoms. The molecule has 1 fully saturated rings. The third-order valence-electron chi connectivity index (χ3n) is 4.98. The number of carboxylic acid groups (broad SMARTS) is 1. The van der Waals surface area contributed by atoms with Gasteiger partial charge in [0.2, 0.25) is 5.16 Å². The van der Waals surface area contributed by atoms with Crippen molar-refractivity contribution in [2.75, 3.05) is 23.8 Å². The number of hydrogen-bond acceptors (Lipinski definition) is 13. The number of thiazole rings is 1. The smallest absolute Gasteiger partial charge is 0.352 e. The van der Waals surface area contributed by atoms with Gasteiger partial charge in [-0.25, -0.2) is 14.5 Å². The van der Waals surface area contributed by atoms with E-state index in [4.69, 9.17) is 17.0 Å². The van der Waals surface area contributed by atoms with Gasteiger partial charge in [0.15, 0.2) is 10.8 Å². The lowest BCUT2D eigenvalue weighted by Crippen LogP contribution is -2.71. The van der Waals surface area contributed by atoms with Crippen LogP contribution in [-0.4, -0.2) is 88.2 Å². The highest BCUT2D eigenvalue weighted by Gasteiger charge is 2.54. The van der Waals surface area contributed by atoms with Crippen LogP contribution >= 0.6 is 34.9 Å². The van der Waals surface area contributed by atoms with Crippen molar-refractivity contribution in [1.82, 2.24) is 35.4 Å². The molecule has 192 valence electrons. The van der Waals surface area contributed by atoms with Crippen molar-refractivity contribution in [3.05, 3.63) is 35.0 Å². The summed E-state index contributed by atoms with van der Waals surface area (Å²) in [6.45, 7) is 3.74. The van der Waals surface area contributed by atoms with Gasteiger partial charge in [-0.2, -0.15) is 0 Å². The van der Waals surface area contributed by atoms with E-state index in [1.807, 2.05) is 0 Å². The van der Waals surface area contributed by atoms with Crippen molar-refractivity contribution in [3.8, 4) is 12.3 Å². The number of aromatic nitrogens is 5. The molecule has 2 aromatic heterocycles. The molecule has 1 unspecified atom stereocenters. The lowest BCUT2D eigenvalue weighted by molar-refractivity contribution is -0.150. The molecule has 0 aromatic carbocycles. The van der Waals surface area contributed by atoms with Crippen LogP contribution in [0.3, 0.4) is 0 Å². The summed E-state index contributed by atoms with van der Waals surface area (Å²) < 4.78 is 1.42. The maximum atomic E-state index is 13.0. The molecule has 4 heterocycles. The van der Waals surface area contributed by atoms with Crippen LogP contribution < -0.4 is 11.1 Å². The topological polar surface area (TPSA) is 191 Å². The first-order chi connectivity index (χ1) is 17.8. The average molecular weight is 562 g/mol. The molecule has 4 N–H and O–H groups in total. The number of β-lactam (4-membered cyclic amide) rings is 1. The summed E-state index contributed by atoms with van der Waals surface area (Å²) in [7, 11) is 0. The minimum Gasteiger partial charge on any atom is -0.477 e. The first kappa shape index (κ1) is 26.2. The Morgan fingerprint density at radius 2 is 2.32 bits per heavy atom. The molecule has 2 atom stereocenters. The van der Waals surface area contributed by atoms with Gasteiger partial charge in [0, 0.05) is 16.9 Å². The number of rotatable bonds is 11. The van der Waals surface area contributed by atoms with Crippen LogP contribution in [-0.2, 0) is 25.8 Å². The number of amides is 2. The second-order valence-electron chi connectivity index (χ2n) is 7.33. The van der Waals surface area contributed by atoms with E-state index in [1.165, 1.54) is 44.6 Å². The largest absolute Gasteiger partial charge is 0.477 e. The van der Waals surface area contributed by atoms with E-state index in [-0.39, 0.29) is 41.1 Å². The normalized spacial score (nSPS) is 19.1. The summed E-state index contributed by atoms with van der Waals surface area (Å²) in [5, 5.41) is 29.1. The molecule has 0 bridgehead atoms. The molecule has 2 aromatic rings. The highest BCUT2D eigenvalue weighted by Crippen LogP contribution is 2.41. The van der Waals surface area contributed by atoms with Gasteiger partial charge in [-0.3, -0.25) is 14.5 Å². The van der Waals surface area contributed by atoms with Gasteiger partial charge in [-0.15, -0.1) is 34.6 Å². The molecule has 1 saturated heterocycles. The third kappa shape index (κ3) is 5.45. The number of carboxylic acids is 1. The lowest BCUT2D eigenvalue weighted by atomic mass is 10.0. The van der Waals surface area contributed by atoms with Crippen molar-refractivity contribution < 1.29 is 24.3 Å². The summed E-state index contributed by atoms with van der Waals surface area (Å²) in [6, 6.07) is -0.968. The predicted octanol–water partition coefficient (Wildman–Crippen LogP) is -0.217. The Kier molecular flexibility index (Phi) is 8.11. The fraction of sp³-hybridized carbons (Fsp3) is 0.300. The molecule has 0 aliphatic carbocycles. The zero-order valence-corrected chi connectivity index (χ0v) is 21.4. The van der Waals surface area contributed by atoms with Gasteiger partial charge in [-0.1, -0.05) is 35.5 Å².